The molecule has 2 heteroatoms. The van der Waals surface area contributed by atoms with Crippen molar-refractivity contribution >= 4 is 5.71 Å². The fraction of sp³-hybridized carbons (Fsp3) is 0.286. The minimum Gasteiger partial charge on any atom is -0.290 e. The van der Waals surface area contributed by atoms with Crippen molar-refractivity contribution in [2.24, 2.45) is 4.99 Å². The van der Waals surface area contributed by atoms with Gasteiger partial charge in [-0.1, -0.05) is 12.7 Å². The van der Waals surface area contributed by atoms with Gasteiger partial charge < -0.3 is 0 Å². The molecule has 0 aliphatic heterocycles. The van der Waals surface area contributed by atoms with Crippen LogP contribution in [0.4, 0.5) is 4.39 Å². The number of halogens is 1. The Hall–Kier alpha value is -0.920. The summed E-state index contributed by atoms with van der Waals surface area (Å²) in [6.07, 6.45) is 2.67. The third kappa shape index (κ3) is 2.80. The average molecular weight is 127 g/mol. The molecule has 0 aromatic carbocycles. The summed E-state index contributed by atoms with van der Waals surface area (Å²) in [4.78, 5) is 3.63. The van der Waals surface area contributed by atoms with Crippen molar-refractivity contribution in [1.29, 1.82) is 0 Å². The molecular weight excluding hydrogens is 117 g/mol. The van der Waals surface area contributed by atoms with Crippen LogP contribution in [0, 0.1) is 0 Å². The van der Waals surface area contributed by atoms with E-state index in [1.54, 1.807) is 14.0 Å². The Bertz CT molecular complexity index is 156. The lowest BCUT2D eigenvalue weighted by molar-refractivity contribution is 0.680. The second kappa shape index (κ2) is 4.01. The molecule has 0 saturated carbocycles. The third-order valence-corrected chi connectivity index (χ3v) is 0.945. The summed E-state index contributed by atoms with van der Waals surface area (Å²) in [5, 5.41) is 0. The maximum absolute atomic E-state index is 12.5. The van der Waals surface area contributed by atoms with Gasteiger partial charge in [-0.05, 0) is 13.0 Å². The zero-order valence-electron chi connectivity index (χ0n) is 5.69. The number of hydrogen-bond donors (Lipinski definition) is 0. The van der Waals surface area contributed by atoms with Gasteiger partial charge in [0.25, 0.3) is 0 Å². The van der Waals surface area contributed by atoms with E-state index in [1.807, 2.05) is 0 Å². The average Bonchev–Trinajstić information content (AvgIpc) is 1.87. The highest BCUT2D eigenvalue weighted by atomic mass is 19.1. The molecular formula is C7H10FN. The molecule has 0 N–H and O–H groups in total. The Kier molecular flexibility index (Phi) is 3.60. The Balaban J connectivity index is 4.19. The number of allylic oxidation sites excluding steroid dienone is 3. The van der Waals surface area contributed by atoms with Crippen molar-refractivity contribution in [2.45, 2.75) is 6.92 Å². The molecule has 0 fully saturated rings. The van der Waals surface area contributed by atoms with Crippen molar-refractivity contribution in [2.75, 3.05) is 7.05 Å². The second-order valence-electron chi connectivity index (χ2n) is 1.56. The molecule has 0 heterocycles. The molecule has 0 saturated heterocycles. The maximum atomic E-state index is 12.5. The van der Waals surface area contributed by atoms with Gasteiger partial charge in [-0.15, -0.1) is 0 Å². The van der Waals surface area contributed by atoms with E-state index in [0.29, 0.717) is 5.71 Å². The lowest BCUT2D eigenvalue weighted by Crippen LogP contribution is -1.89. The van der Waals surface area contributed by atoms with E-state index >= 15 is 0 Å². The predicted octanol–water partition coefficient (Wildman–Crippen LogP) is 2.12. The van der Waals surface area contributed by atoms with Crippen molar-refractivity contribution in [1.82, 2.24) is 0 Å². The van der Waals surface area contributed by atoms with E-state index in [-0.39, 0.29) is 5.83 Å². The summed E-state index contributed by atoms with van der Waals surface area (Å²) in [7, 11) is 1.55. The maximum Gasteiger partial charge on any atom is 0.143 e. The molecule has 0 radical (unpaired) electrons. The molecule has 0 aromatic heterocycles. The van der Waals surface area contributed by atoms with Crippen molar-refractivity contribution in [3.8, 4) is 0 Å². The van der Waals surface area contributed by atoms with Gasteiger partial charge in [0, 0.05) is 7.05 Å². The van der Waals surface area contributed by atoms with Crippen LogP contribution in [0.5, 0.6) is 0 Å². The van der Waals surface area contributed by atoms with E-state index in [9.17, 15) is 4.39 Å². The predicted molar refractivity (Wildman–Crippen MR) is 38.4 cm³/mol. The Morgan fingerprint density at radius 1 is 1.67 bits per heavy atom. The van der Waals surface area contributed by atoms with Crippen LogP contribution in [0.3, 0.4) is 0 Å². The highest BCUT2D eigenvalue weighted by Gasteiger charge is 1.93. The van der Waals surface area contributed by atoms with E-state index < -0.39 is 0 Å². The zero-order chi connectivity index (χ0) is 7.28. The smallest absolute Gasteiger partial charge is 0.143 e. The SMILES string of the molecule is C=C/C=C(/F)C(C)=NC. The summed E-state index contributed by atoms with van der Waals surface area (Å²) < 4.78 is 12.5. The van der Waals surface area contributed by atoms with Gasteiger partial charge in [0.2, 0.25) is 0 Å². The molecule has 9 heavy (non-hydrogen) atoms. The van der Waals surface area contributed by atoms with Crippen molar-refractivity contribution < 1.29 is 4.39 Å². The van der Waals surface area contributed by atoms with E-state index in [1.165, 1.54) is 12.2 Å². The summed E-state index contributed by atoms with van der Waals surface area (Å²) in [6.45, 7) is 4.95. The van der Waals surface area contributed by atoms with Gasteiger partial charge in [0.05, 0.1) is 5.71 Å². The fourth-order valence-electron chi connectivity index (χ4n) is 0.331. The molecule has 0 aromatic rings. The van der Waals surface area contributed by atoms with E-state index in [2.05, 4.69) is 11.6 Å². The molecule has 1 nitrogen and oxygen atoms in total. The normalized spacial score (nSPS) is 13.7. The van der Waals surface area contributed by atoms with Gasteiger partial charge in [0.15, 0.2) is 0 Å². The topological polar surface area (TPSA) is 12.4 Å². The van der Waals surface area contributed by atoms with Crippen LogP contribution in [0.1, 0.15) is 6.92 Å². The fourth-order valence-corrected chi connectivity index (χ4v) is 0.331. The summed E-state index contributed by atoms with van der Waals surface area (Å²) in [5.74, 6) is -0.326. The Labute approximate surface area is 54.6 Å². The quantitative estimate of drug-likeness (QED) is 0.398. The van der Waals surface area contributed by atoms with Gasteiger partial charge in [-0.2, -0.15) is 0 Å². The van der Waals surface area contributed by atoms with Crippen LogP contribution in [-0.4, -0.2) is 12.8 Å². The molecule has 0 amide bonds. The van der Waals surface area contributed by atoms with Crippen LogP contribution < -0.4 is 0 Å². The highest BCUT2D eigenvalue weighted by molar-refractivity contribution is 5.96. The second-order valence-corrected chi connectivity index (χ2v) is 1.56. The summed E-state index contributed by atoms with van der Waals surface area (Å²) in [6, 6.07) is 0. The number of aliphatic imine (C=N–C) groups is 1. The molecule has 0 aliphatic rings. The largest absolute Gasteiger partial charge is 0.290 e. The Morgan fingerprint density at radius 3 is 2.56 bits per heavy atom. The monoisotopic (exact) mass is 127 g/mol. The van der Waals surface area contributed by atoms with E-state index in [0.717, 1.165) is 0 Å². The Morgan fingerprint density at radius 2 is 2.22 bits per heavy atom. The first-order chi connectivity index (χ1) is 4.22. The minimum atomic E-state index is -0.326. The molecule has 0 spiro atoms. The first-order valence-electron chi connectivity index (χ1n) is 2.64. The van der Waals surface area contributed by atoms with Gasteiger partial charge in [-0.3, -0.25) is 4.99 Å². The third-order valence-electron chi connectivity index (χ3n) is 0.945. The van der Waals surface area contributed by atoms with Gasteiger partial charge in [0.1, 0.15) is 5.83 Å². The molecule has 0 atom stereocenters. The molecule has 0 rings (SSSR count). The molecule has 50 valence electrons. The van der Waals surface area contributed by atoms with Crippen molar-refractivity contribution in [3.63, 3.8) is 0 Å². The van der Waals surface area contributed by atoms with Crippen LogP contribution in [-0.2, 0) is 0 Å². The highest BCUT2D eigenvalue weighted by Crippen LogP contribution is 1.98. The van der Waals surface area contributed by atoms with Crippen LogP contribution in [0.2, 0.25) is 0 Å². The number of nitrogens with zero attached hydrogens (tertiary/aromatic N) is 1. The van der Waals surface area contributed by atoms with Crippen LogP contribution >= 0.6 is 0 Å². The molecule has 0 bridgehead atoms. The number of rotatable bonds is 2. The lowest BCUT2D eigenvalue weighted by Gasteiger charge is -1.89. The van der Waals surface area contributed by atoms with Crippen LogP contribution in [0.15, 0.2) is 29.6 Å². The summed E-state index contributed by atoms with van der Waals surface area (Å²) >= 11 is 0. The van der Waals surface area contributed by atoms with Gasteiger partial charge in [-0.25, -0.2) is 4.39 Å². The van der Waals surface area contributed by atoms with Crippen LogP contribution in [0.25, 0.3) is 0 Å². The summed E-state index contributed by atoms with van der Waals surface area (Å²) in [5.41, 5.74) is 0.398. The first-order valence-corrected chi connectivity index (χ1v) is 2.64. The minimum absolute atomic E-state index is 0.326. The molecule has 0 aliphatic carbocycles. The van der Waals surface area contributed by atoms with Gasteiger partial charge >= 0.3 is 0 Å². The zero-order valence-corrected chi connectivity index (χ0v) is 5.69. The first kappa shape index (κ1) is 8.08. The molecule has 0 unspecified atom stereocenters. The lowest BCUT2D eigenvalue weighted by atomic mass is 10.3. The van der Waals surface area contributed by atoms with Crippen molar-refractivity contribution in [3.05, 3.63) is 24.6 Å². The number of hydrogen-bond acceptors (Lipinski definition) is 1. The standard InChI is InChI=1S/C7H10FN/c1-4-5-7(8)6(2)9-3/h4-5H,1H2,2-3H3/b7-5+,9-6?. The van der Waals surface area contributed by atoms with E-state index in [4.69, 9.17) is 0 Å².